The van der Waals surface area contributed by atoms with E-state index >= 15 is 0 Å². The zero-order valence-corrected chi connectivity index (χ0v) is 15.5. The number of nitrogens with one attached hydrogen (secondary N) is 1. The number of hydrogen-bond donors (Lipinski definition) is 1. The molecular formula is C21H20N2O2S. The molecule has 1 N–H and O–H groups in total. The van der Waals surface area contributed by atoms with Crippen LogP contribution in [-0.4, -0.2) is 14.3 Å². The second-order valence-electron chi connectivity index (χ2n) is 6.09. The normalized spacial score (nSPS) is 12.0. The summed E-state index contributed by atoms with van der Waals surface area (Å²) >= 11 is 0. The molecule has 0 aliphatic carbocycles. The average molecular weight is 364 g/mol. The van der Waals surface area contributed by atoms with Gasteiger partial charge in [-0.2, -0.15) is 8.42 Å². The SMILES string of the molecule is Cc1ccc(/C(=N/S(=O)(=O)c2ccc(C)cc2)Nc2ccccc2)cc1. The molecule has 0 heterocycles. The number of hydrogen-bond acceptors (Lipinski definition) is 2. The highest BCUT2D eigenvalue weighted by atomic mass is 32.2. The van der Waals surface area contributed by atoms with E-state index in [1.54, 1.807) is 24.3 Å². The summed E-state index contributed by atoms with van der Waals surface area (Å²) in [6, 6.07) is 23.6. The Balaban J connectivity index is 2.05. The lowest BCUT2D eigenvalue weighted by Crippen LogP contribution is -2.16. The van der Waals surface area contributed by atoms with Crippen LogP contribution in [0, 0.1) is 13.8 Å². The van der Waals surface area contributed by atoms with Crippen molar-refractivity contribution in [3.8, 4) is 0 Å². The summed E-state index contributed by atoms with van der Waals surface area (Å²) in [5.41, 5.74) is 3.56. The molecule has 3 rings (SSSR count). The Labute approximate surface area is 154 Å². The first-order valence-corrected chi connectivity index (χ1v) is 9.69. The standard InChI is InChI=1S/C21H20N2O2S/c1-16-8-12-18(13-9-16)21(22-19-6-4-3-5-7-19)23-26(24,25)20-14-10-17(2)11-15-20/h3-15H,1-2H3,(H,22,23). The first-order valence-electron chi connectivity index (χ1n) is 8.25. The third kappa shape index (κ3) is 4.37. The number of sulfonamides is 1. The number of anilines is 1. The first kappa shape index (κ1) is 17.9. The zero-order valence-electron chi connectivity index (χ0n) is 14.7. The summed E-state index contributed by atoms with van der Waals surface area (Å²) in [6.45, 7) is 3.89. The van der Waals surface area contributed by atoms with E-state index in [2.05, 4.69) is 9.71 Å². The van der Waals surface area contributed by atoms with Crippen LogP contribution >= 0.6 is 0 Å². The number of amidine groups is 1. The molecule has 0 atom stereocenters. The molecule has 0 aliphatic rings. The Hall–Kier alpha value is -2.92. The summed E-state index contributed by atoms with van der Waals surface area (Å²) in [6.07, 6.45) is 0. The molecule has 0 radical (unpaired) electrons. The summed E-state index contributed by atoms with van der Waals surface area (Å²) in [5, 5.41) is 3.12. The molecule has 0 spiro atoms. The predicted molar refractivity (Wildman–Crippen MR) is 106 cm³/mol. The Morgan fingerprint density at radius 2 is 1.31 bits per heavy atom. The third-order valence-electron chi connectivity index (χ3n) is 3.89. The summed E-state index contributed by atoms with van der Waals surface area (Å²) < 4.78 is 29.6. The van der Waals surface area contributed by atoms with E-state index in [4.69, 9.17) is 0 Å². The zero-order chi connectivity index (χ0) is 18.6. The Bertz CT molecular complexity index is 1010. The van der Waals surface area contributed by atoms with Crippen molar-refractivity contribution in [2.45, 2.75) is 18.7 Å². The molecule has 0 saturated heterocycles. The van der Waals surface area contributed by atoms with Crippen molar-refractivity contribution < 1.29 is 8.42 Å². The van der Waals surface area contributed by atoms with Crippen LogP contribution in [0.2, 0.25) is 0 Å². The maximum absolute atomic E-state index is 12.8. The molecule has 0 bridgehead atoms. The smallest absolute Gasteiger partial charge is 0.284 e. The maximum atomic E-state index is 12.8. The Morgan fingerprint density at radius 1 is 0.769 bits per heavy atom. The molecule has 5 heteroatoms. The van der Waals surface area contributed by atoms with Gasteiger partial charge in [0.25, 0.3) is 10.0 Å². The topological polar surface area (TPSA) is 58.5 Å². The van der Waals surface area contributed by atoms with Gasteiger partial charge in [0.05, 0.1) is 4.90 Å². The predicted octanol–water partition coefficient (Wildman–Crippen LogP) is 4.55. The lowest BCUT2D eigenvalue weighted by molar-refractivity contribution is 0.598. The first-order chi connectivity index (χ1) is 12.4. The summed E-state index contributed by atoms with van der Waals surface area (Å²) in [5.74, 6) is 0.289. The van der Waals surface area contributed by atoms with Crippen LogP contribution in [0.15, 0.2) is 88.2 Å². The lowest BCUT2D eigenvalue weighted by Gasteiger charge is -2.11. The number of benzene rings is 3. The highest BCUT2D eigenvalue weighted by Crippen LogP contribution is 2.17. The number of aryl methyl sites for hydroxylation is 2. The van der Waals surface area contributed by atoms with Crippen molar-refractivity contribution in [2.75, 3.05) is 5.32 Å². The fraction of sp³-hybridized carbons (Fsp3) is 0.0952. The van der Waals surface area contributed by atoms with Gasteiger partial charge in [-0.1, -0.05) is 65.7 Å². The molecule has 4 nitrogen and oxygen atoms in total. The minimum absolute atomic E-state index is 0.169. The molecule has 0 saturated carbocycles. The van der Waals surface area contributed by atoms with Gasteiger partial charge in [0.15, 0.2) is 5.84 Å². The second-order valence-corrected chi connectivity index (χ2v) is 7.69. The molecule has 0 fully saturated rings. The highest BCUT2D eigenvalue weighted by molar-refractivity contribution is 7.90. The van der Waals surface area contributed by atoms with Crippen molar-refractivity contribution in [3.63, 3.8) is 0 Å². The van der Waals surface area contributed by atoms with Crippen LogP contribution in [0.1, 0.15) is 16.7 Å². The largest absolute Gasteiger partial charge is 0.339 e. The van der Waals surface area contributed by atoms with E-state index in [0.717, 1.165) is 16.8 Å². The second kappa shape index (κ2) is 7.54. The quantitative estimate of drug-likeness (QED) is 0.546. The Morgan fingerprint density at radius 3 is 1.88 bits per heavy atom. The van der Waals surface area contributed by atoms with Gasteiger partial charge in [-0.05, 0) is 38.1 Å². The van der Waals surface area contributed by atoms with Gasteiger partial charge in [-0.25, -0.2) is 0 Å². The molecule has 0 amide bonds. The lowest BCUT2D eigenvalue weighted by atomic mass is 10.1. The molecule has 0 unspecified atom stereocenters. The van der Waals surface area contributed by atoms with E-state index in [1.165, 1.54) is 0 Å². The van der Waals surface area contributed by atoms with Crippen LogP contribution in [0.4, 0.5) is 5.69 Å². The minimum atomic E-state index is -3.83. The van der Waals surface area contributed by atoms with Gasteiger partial charge in [0.2, 0.25) is 0 Å². The molecule has 132 valence electrons. The molecule has 26 heavy (non-hydrogen) atoms. The van der Waals surface area contributed by atoms with E-state index in [9.17, 15) is 8.42 Å². The van der Waals surface area contributed by atoms with Crippen molar-refractivity contribution in [1.29, 1.82) is 0 Å². The van der Waals surface area contributed by atoms with Crippen LogP contribution in [0.3, 0.4) is 0 Å². The van der Waals surface area contributed by atoms with Crippen molar-refractivity contribution in [1.82, 2.24) is 0 Å². The summed E-state index contributed by atoms with van der Waals surface area (Å²) in [4.78, 5) is 0.169. The Kier molecular flexibility index (Phi) is 5.19. The third-order valence-corrected chi connectivity index (χ3v) is 5.18. The van der Waals surface area contributed by atoms with E-state index < -0.39 is 10.0 Å². The fourth-order valence-corrected chi connectivity index (χ4v) is 3.38. The highest BCUT2D eigenvalue weighted by Gasteiger charge is 2.15. The summed E-state index contributed by atoms with van der Waals surface area (Å²) in [7, 11) is -3.83. The van der Waals surface area contributed by atoms with Crippen LogP contribution in [0.5, 0.6) is 0 Å². The van der Waals surface area contributed by atoms with Crippen LogP contribution < -0.4 is 5.32 Å². The minimum Gasteiger partial charge on any atom is -0.339 e. The van der Waals surface area contributed by atoms with Crippen LogP contribution in [0.25, 0.3) is 0 Å². The van der Waals surface area contributed by atoms with Gasteiger partial charge in [0.1, 0.15) is 0 Å². The van der Waals surface area contributed by atoms with Gasteiger partial charge < -0.3 is 5.32 Å². The van der Waals surface area contributed by atoms with E-state index in [0.29, 0.717) is 5.56 Å². The van der Waals surface area contributed by atoms with Gasteiger partial charge in [-0.15, -0.1) is 4.40 Å². The number of nitrogens with zero attached hydrogens (tertiary/aromatic N) is 1. The molecular weight excluding hydrogens is 344 g/mol. The number of para-hydroxylation sites is 1. The molecule has 0 aromatic heterocycles. The van der Waals surface area contributed by atoms with Crippen molar-refractivity contribution in [3.05, 3.63) is 95.6 Å². The molecule has 3 aromatic carbocycles. The van der Waals surface area contributed by atoms with E-state index in [-0.39, 0.29) is 10.7 Å². The monoisotopic (exact) mass is 364 g/mol. The van der Waals surface area contributed by atoms with Crippen molar-refractivity contribution >= 4 is 21.5 Å². The van der Waals surface area contributed by atoms with Crippen LogP contribution in [-0.2, 0) is 10.0 Å². The van der Waals surface area contributed by atoms with Crippen molar-refractivity contribution in [2.24, 2.45) is 4.40 Å². The molecule has 3 aromatic rings. The average Bonchev–Trinajstić information content (AvgIpc) is 2.63. The fourth-order valence-electron chi connectivity index (χ4n) is 2.40. The van der Waals surface area contributed by atoms with Gasteiger partial charge in [0, 0.05) is 11.3 Å². The molecule has 0 aliphatic heterocycles. The van der Waals surface area contributed by atoms with Gasteiger partial charge >= 0.3 is 0 Å². The van der Waals surface area contributed by atoms with Gasteiger partial charge in [-0.3, -0.25) is 0 Å². The van der Waals surface area contributed by atoms with E-state index in [1.807, 2.05) is 68.4 Å². The maximum Gasteiger partial charge on any atom is 0.284 e. The number of rotatable bonds is 4.